The number of fused-ring (bicyclic) bond motifs is 1. The van der Waals surface area contributed by atoms with Crippen molar-refractivity contribution in [2.75, 3.05) is 13.8 Å². The fraction of sp³-hybridized carbons (Fsp3) is 0.200. The van der Waals surface area contributed by atoms with Gasteiger partial charge >= 0.3 is 6.03 Å². The highest BCUT2D eigenvalue weighted by molar-refractivity contribution is 5.77. The molecule has 2 amide bonds. The number of nitrogens with one attached hydrogen (secondary N) is 1. The first-order chi connectivity index (χ1) is 7.31. The van der Waals surface area contributed by atoms with Crippen molar-refractivity contribution in [2.45, 2.75) is 0 Å². The second-order valence-corrected chi connectivity index (χ2v) is 3.07. The number of hydroxylamine groups is 1. The average Bonchev–Trinajstić information content (AvgIpc) is 2.29. The molecular weight excluding hydrogens is 194 g/mol. The maximum Gasteiger partial charge on any atom is 0.346 e. The summed E-state index contributed by atoms with van der Waals surface area (Å²) in [5, 5.41) is 1.83. The van der Waals surface area contributed by atoms with E-state index in [9.17, 15) is 4.79 Å². The van der Waals surface area contributed by atoms with Crippen LogP contribution in [-0.2, 0) is 4.84 Å². The van der Waals surface area contributed by atoms with Gasteiger partial charge < -0.3 is 0 Å². The summed E-state index contributed by atoms with van der Waals surface area (Å²) in [6, 6.07) is 7.32. The van der Waals surface area contributed by atoms with Crippen LogP contribution in [0.3, 0.4) is 0 Å². The molecular formula is C10H11N3O2. The third-order valence-corrected chi connectivity index (χ3v) is 2.08. The zero-order valence-corrected chi connectivity index (χ0v) is 8.30. The van der Waals surface area contributed by atoms with Crippen molar-refractivity contribution in [2.24, 2.45) is 4.99 Å². The van der Waals surface area contributed by atoms with E-state index >= 15 is 0 Å². The Morgan fingerprint density at radius 2 is 2.33 bits per heavy atom. The van der Waals surface area contributed by atoms with E-state index in [1.54, 1.807) is 6.20 Å². The van der Waals surface area contributed by atoms with Gasteiger partial charge in [-0.3, -0.25) is 14.7 Å². The third kappa shape index (κ3) is 1.97. The van der Waals surface area contributed by atoms with Gasteiger partial charge in [0.2, 0.25) is 0 Å². The largest absolute Gasteiger partial charge is 0.346 e. The van der Waals surface area contributed by atoms with Gasteiger partial charge in [-0.1, -0.05) is 18.2 Å². The maximum absolute atomic E-state index is 11.4. The van der Waals surface area contributed by atoms with Gasteiger partial charge in [0.05, 0.1) is 12.5 Å². The number of hydrogen-bond donors (Lipinski definition) is 1. The van der Waals surface area contributed by atoms with E-state index in [1.807, 2.05) is 24.3 Å². The molecule has 5 heteroatoms. The highest BCUT2D eigenvalue weighted by Crippen LogP contribution is 1.93. The summed E-state index contributed by atoms with van der Waals surface area (Å²) in [5.74, 6) is 0. The summed E-state index contributed by atoms with van der Waals surface area (Å²) in [5.41, 5.74) is 2.24. The molecule has 5 nitrogen and oxygen atoms in total. The molecule has 0 saturated carbocycles. The number of amides is 2. The minimum absolute atomic E-state index is 0.312. The molecule has 1 aromatic carbocycles. The lowest BCUT2D eigenvalue weighted by molar-refractivity contribution is 0.0960. The van der Waals surface area contributed by atoms with Crippen LogP contribution in [0.1, 0.15) is 0 Å². The van der Waals surface area contributed by atoms with E-state index in [-0.39, 0.29) is 6.03 Å². The molecule has 1 heterocycles. The molecule has 1 aromatic rings. The molecule has 0 aromatic heterocycles. The Bertz CT molecular complexity index is 484. The first-order valence-electron chi connectivity index (χ1n) is 4.52. The monoisotopic (exact) mass is 205 g/mol. The SMILES string of the molecule is CONC(=O)N1C=c2ccccc2=NC1. The molecule has 0 fully saturated rings. The Morgan fingerprint density at radius 3 is 3.13 bits per heavy atom. The van der Waals surface area contributed by atoms with Gasteiger partial charge in [-0.15, -0.1) is 0 Å². The Labute approximate surface area is 86.6 Å². The highest BCUT2D eigenvalue weighted by Gasteiger charge is 2.11. The Morgan fingerprint density at radius 1 is 1.53 bits per heavy atom. The summed E-state index contributed by atoms with van der Waals surface area (Å²) in [7, 11) is 1.40. The maximum atomic E-state index is 11.4. The van der Waals surface area contributed by atoms with Crippen molar-refractivity contribution in [1.29, 1.82) is 0 Å². The summed E-state index contributed by atoms with van der Waals surface area (Å²) >= 11 is 0. The second-order valence-electron chi connectivity index (χ2n) is 3.07. The number of benzene rings is 1. The van der Waals surface area contributed by atoms with Gasteiger partial charge in [-0.25, -0.2) is 10.3 Å². The summed E-state index contributed by atoms with van der Waals surface area (Å²) < 4.78 is 0. The Balaban J connectivity index is 2.30. The minimum atomic E-state index is -0.323. The van der Waals surface area contributed by atoms with Crippen LogP contribution in [0.2, 0.25) is 0 Å². The molecule has 0 aliphatic carbocycles. The summed E-state index contributed by atoms with van der Waals surface area (Å²) in [6.07, 6.45) is 1.75. The zero-order valence-electron chi connectivity index (χ0n) is 8.30. The van der Waals surface area contributed by atoms with Crippen LogP contribution in [0.5, 0.6) is 0 Å². The number of carbonyl (C=O) groups is 1. The first-order valence-corrected chi connectivity index (χ1v) is 4.52. The van der Waals surface area contributed by atoms with Crippen LogP contribution in [0.15, 0.2) is 29.3 Å². The molecule has 0 bridgehead atoms. The van der Waals surface area contributed by atoms with Crippen molar-refractivity contribution in [3.63, 3.8) is 0 Å². The molecule has 15 heavy (non-hydrogen) atoms. The number of urea groups is 1. The topological polar surface area (TPSA) is 53.9 Å². The van der Waals surface area contributed by atoms with Gasteiger partial charge in [-0.05, 0) is 6.07 Å². The molecule has 1 N–H and O–H groups in total. The predicted molar refractivity (Wildman–Crippen MR) is 53.9 cm³/mol. The predicted octanol–water partition coefficient (Wildman–Crippen LogP) is -0.412. The smallest absolute Gasteiger partial charge is 0.279 e. The number of para-hydroxylation sites is 1. The fourth-order valence-corrected chi connectivity index (χ4v) is 1.37. The van der Waals surface area contributed by atoms with Crippen molar-refractivity contribution >= 4 is 12.2 Å². The van der Waals surface area contributed by atoms with E-state index in [1.165, 1.54) is 12.0 Å². The van der Waals surface area contributed by atoms with Gasteiger partial charge in [0.15, 0.2) is 0 Å². The minimum Gasteiger partial charge on any atom is -0.279 e. The van der Waals surface area contributed by atoms with Crippen molar-refractivity contribution in [3.05, 3.63) is 34.8 Å². The molecule has 0 unspecified atom stereocenters. The normalized spacial score (nSPS) is 13.5. The molecule has 0 saturated heterocycles. The lowest BCUT2D eigenvalue weighted by Crippen LogP contribution is -2.42. The van der Waals surface area contributed by atoms with E-state index < -0.39 is 0 Å². The van der Waals surface area contributed by atoms with E-state index in [2.05, 4.69) is 15.3 Å². The fourth-order valence-electron chi connectivity index (χ4n) is 1.37. The Kier molecular flexibility index (Phi) is 2.64. The molecule has 2 rings (SSSR count). The molecule has 0 atom stereocenters. The van der Waals surface area contributed by atoms with E-state index in [0.29, 0.717) is 6.67 Å². The van der Waals surface area contributed by atoms with Crippen LogP contribution in [0.4, 0.5) is 4.79 Å². The molecule has 0 spiro atoms. The van der Waals surface area contributed by atoms with Gasteiger partial charge in [0.25, 0.3) is 0 Å². The number of hydrogen-bond acceptors (Lipinski definition) is 3. The van der Waals surface area contributed by atoms with Crippen LogP contribution < -0.4 is 16.1 Å². The highest BCUT2D eigenvalue weighted by atomic mass is 16.6. The van der Waals surface area contributed by atoms with Gasteiger partial charge in [-0.2, -0.15) is 0 Å². The molecule has 78 valence electrons. The zero-order chi connectivity index (χ0) is 10.7. The summed E-state index contributed by atoms with van der Waals surface area (Å²) in [4.78, 5) is 21.7. The van der Waals surface area contributed by atoms with Crippen LogP contribution in [-0.4, -0.2) is 24.7 Å². The third-order valence-electron chi connectivity index (χ3n) is 2.08. The van der Waals surface area contributed by atoms with Crippen LogP contribution >= 0.6 is 0 Å². The van der Waals surface area contributed by atoms with Crippen molar-refractivity contribution in [3.8, 4) is 0 Å². The van der Waals surface area contributed by atoms with Crippen LogP contribution in [0, 0.1) is 0 Å². The number of nitrogens with zero attached hydrogens (tertiary/aromatic N) is 2. The van der Waals surface area contributed by atoms with Crippen LogP contribution in [0.25, 0.3) is 6.20 Å². The number of carbonyl (C=O) groups excluding carboxylic acids is 1. The van der Waals surface area contributed by atoms with Crippen molar-refractivity contribution < 1.29 is 9.63 Å². The average molecular weight is 205 g/mol. The Hall–Kier alpha value is -1.88. The summed E-state index contributed by atoms with van der Waals surface area (Å²) in [6.45, 7) is 0.312. The standard InChI is InChI=1S/C10H11N3O2/c1-15-12-10(14)13-6-8-4-2-3-5-9(8)11-7-13/h2-6H,7H2,1H3,(H,12,14). The van der Waals surface area contributed by atoms with E-state index in [4.69, 9.17) is 0 Å². The van der Waals surface area contributed by atoms with Gasteiger partial charge in [0.1, 0.15) is 6.67 Å². The quantitative estimate of drug-likeness (QED) is 0.633. The van der Waals surface area contributed by atoms with Gasteiger partial charge in [0, 0.05) is 11.4 Å². The lowest BCUT2D eigenvalue weighted by Gasteiger charge is -2.17. The molecule has 1 aliphatic rings. The second kappa shape index (κ2) is 4.10. The van der Waals surface area contributed by atoms with E-state index in [0.717, 1.165) is 10.6 Å². The molecule has 1 aliphatic heterocycles. The van der Waals surface area contributed by atoms with Crippen molar-refractivity contribution in [1.82, 2.24) is 10.4 Å². The molecule has 0 radical (unpaired) electrons. The lowest BCUT2D eigenvalue weighted by atomic mass is 10.3. The number of rotatable bonds is 1. The first kappa shape index (κ1) is 9.67.